The van der Waals surface area contributed by atoms with Crippen LogP contribution in [-0.4, -0.2) is 15.0 Å². The van der Waals surface area contributed by atoms with Gasteiger partial charge >= 0.3 is 0 Å². The van der Waals surface area contributed by atoms with Crippen molar-refractivity contribution in [3.63, 3.8) is 0 Å². The van der Waals surface area contributed by atoms with Crippen LogP contribution >= 0.6 is 11.3 Å². The Morgan fingerprint density at radius 3 is 3.00 bits per heavy atom. The quantitative estimate of drug-likeness (QED) is 0.670. The standard InChI is InChI=1S/C17H15N3S/c1-9-2-5-13-11(6-9)7-12-15-16(21-17(12)20-13)14(10-3-4-10)18-8-19-15/h2,5,7-10H,3-4,6H2,1H3. The first kappa shape index (κ1) is 11.8. The molecule has 5 rings (SSSR count). The van der Waals surface area contributed by atoms with Crippen LogP contribution in [0.4, 0.5) is 0 Å². The Kier molecular flexibility index (Phi) is 2.31. The molecule has 0 saturated heterocycles. The van der Waals surface area contributed by atoms with Crippen molar-refractivity contribution >= 4 is 37.8 Å². The van der Waals surface area contributed by atoms with E-state index in [9.17, 15) is 0 Å². The maximum Gasteiger partial charge on any atom is 0.126 e. The second kappa shape index (κ2) is 4.10. The Labute approximate surface area is 126 Å². The summed E-state index contributed by atoms with van der Waals surface area (Å²) < 4.78 is 1.25. The summed E-state index contributed by atoms with van der Waals surface area (Å²) in [6.45, 7) is 2.25. The predicted molar refractivity (Wildman–Crippen MR) is 86.6 cm³/mol. The van der Waals surface area contributed by atoms with Crippen LogP contribution in [-0.2, 0) is 6.42 Å². The van der Waals surface area contributed by atoms with Gasteiger partial charge in [-0.3, -0.25) is 0 Å². The molecule has 0 N–H and O–H groups in total. The van der Waals surface area contributed by atoms with Gasteiger partial charge in [-0.15, -0.1) is 11.3 Å². The van der Waals surface area contributed by atoms with Gasteiger partial charge in [-0.05, 0) is 42.9 Å². The van der Waals surface area contributed by atoms with Gasteiger partial charge in [0, 0.05) is 11.3 Å². The van der Waals surface area contributed by atoms with Crippen LogP contribution in [0.15, 0.2) is 18.5 Å². The number of hydrogen-bond donors (Lipinski definition) is 0. The molecule has 0 aromatic carbocycles. The Hall–Kier alpha value is -1.81. The molecule has 3 aromatic heterocycles. The van der Waals surface area contributed by atoms with E-state index in [0.29, 0.717) is 11.8 Å². The fourth-order valence-corrected chi connectivity index (χ4v) is 4.39. The molecule has 3 nitrogen and oxygen atoms in total. The van der Waals surface area contributed by atoms with Gasteiger partial charge in [-0.2, -0.15) is 0 Å². The molecule has 0 amide bonds. The monoisotopic (exact) mass is 293 g/mol. The number of fused-ring (bicyclic) bond motifs is 4. The van der Waals surface area contributed by atoms with Crippen LogP contribution in [0.3, 0.4) is 0 Å². The highest BCUT2D eigenvalue weighted by atomic mass is 32.1. The van der Waals surface area contributed by atoms with E-state index >= 15 is 0 Å². The Morgan fingerprint density at radius 1 is 1.24 bits per heavy atom. The normalized spacial score (nSPS) is 21.1. The molecule has 104 valence electrons. The number of pyridine rings is 1. The molecule has 3 heterocycles. The largest absolute Gasteiger partial charge is 0.240 e. The zero-order chi connectivity index (χ0) is 14.0. The number of allylic oxidation sites excluding steroid dienone is 1. The van der Waals surface area contributed by atoms with Crippen molar-refractivity contribution in [2.45, 2.75) is 32.1 Å². The summed E-state index contributed by atoms with van der Waals surface area (Å²) in [7, 11) is 0. The summed E-state index contributed by atoms with van der Waals surface area (Å²) in [6.07, 6.45) is 9.76. The second-order valence-electron chi connectivity index (χ2n) is 6.24. The van der Waals surface area contributed by atoms with Crippen molar-refractivity contribution in [2.75, 3.05) is 0 Å². The van der Waals surface area contributed by atoms with Crippen LogP contribution in [0, 0.1) is 5.92 Å². The highest BCUT2D eigenvalue weighted by Gasteiger charge is 2.28. The summed E-state index contributed by atoms with van der Waals surface area (Å²) >= 11 is 1.76. The van der Waals surface area contributed by atoms with E-state index < -0.39 is 0 Å². The Bertz CT molecular complexity index is 905. The molecule has 0 spiro atoms. The lowest BCUT2D eigenvalue weighted by atomic mass is 9.93. The molecule has 3 aromatic rings. The fourth-order valence-electron chi connectivity index (χ4n) is 3.20. The van der Waals surface area contributed by atoms with Gasteiger partial charge in [0.1, 0.15) is 11.2 Å². The zero-order valence-corrected chi connectivity index (χ0v) is 12.7. The minimum absolute atomic E-state index is 0.596. The maximum atomic E-state index is 4.87. The molecule has 1 fully saturated rings. The third kappa shape index (κ3) is 1.75. The summed E-state index contributed by atoms with van der Waals surface area (Å²) in [5, 5.41) is 1.21. The topological polar surface area (TPSA) is 38.7 Å². The average Bonchev–Trinajstić information content (AvgIpc) is 3.26. The molecular formula is C17H15N3S. The van der Waals surface area contributed by atoms with Gasteiger partial charge in [-0.1, -0.05) is 13.0 Å². The van der Waals surface area contributed by atoms with Gasteiger partial charge in [0.2, 0.25) is 0 Å². The first-order valence-corrected chi connectivity index (χ1v) is 8.36. The molecule has 2 aliphatic carbocycles. The van der Waals surface area contributed by atoms with E-state index in [2.05, 4.69) is 35.1 Å². The number of rotatable bonds is 1. The van der Waals surface area contributed by atoms with Crippen molar-refractivity contribution in [2.24, 2.45) is 5.92 Å². The van der Waals surface area contributed by atoms with Crippen LogP contribution in [0.1, 0.15) is 42.6 Å². The minimum Gasteiger partial charge on any atom is -0.240 e. The van der Waals surface area contributed by atoms with E-state index in [4.69, 9.17) is 4.98 Å². The van der Waals surface area contributed by atoms with Gasteiger partial charge in [0.05, 0.1) is 21.6 Å². The Morgan fingerprint density at radius 2 is 2.14 bits per heavy atom. The van der Waals surface area contributed by atoms with E-state index in [1.165, 1.54) is 34.2 Å². The minimum atomic E-state index is 0.596. The third-order valence-corrected chi connectivity index (χ3v) is 5.58. The maximum absolute atomic E-state index is 4.87. The molecule has 2 aliphatic rings. The average molecular weight is 293 g/mol. The molecule has 21 heavy (non-hydrogen) atoms. The molecular weight excluding hydrogens is 278 g/mol. The number of thiophene rings is 1. The van der Waals surface area contributed by atoms with Crippen LogP contribution in [0.5, 0.6) is 0 Å². The van der Waals surface area contributed by atoms with E-state index in [1.54, 1.807) is 17.7 Å². The Balaban J connectivity index is 1.83. The smallest absolute Gasteiger partial charge is 0.126 e. The highest BCUT2D eigenvalue weighted by Crippen LogP contribution is 2.45. The predicted octanol–water partition coefficient (Wildman–Crippen LogP) is 4.32. The first-order chi connectivity index (χ1) is 10.3. The zero-order valence-electron chi connectivity index (χ0n) is 11.8. The number of nitrogens with zero attached hydrogens (tertiary/aromatic N) is 3. The molecule has 0 radical (unpaired) electrons. The van der Waals surface area contributed by atoms with Crippen LogP contribution in [0.2, 0.25) is 0 Å². The summed E-state index contributed by atoms with van der Waals surface area (Å²) in [5.74, 6) is 1.25. The molecule has 1 saturated carbocycles. The molecule has 1 atom stereocenters. The number of hydrogen-bond acceptors (Lipinski definition) is 4. The second-order valence-corrected chi connectivity index (χ2v) is 7.24. The number of aromatic nitrogens is 3. The van der Waals surface area contributed by atoms with Gasteiger partial charge in [0.15, 0.2) is 0 Å². The van der Waals surface area contributed by atoms with Gasteiger partial charge in [0.25, 0.3) is 0 Å². The van der Waals surface area contributed by atoms with E-state index in [0.717, 1.165) is 22.5 Å². The van der Waals surface area contributed by atoms with Crippen molar-refractivity contribution in [3.05, 3.63) is 35.4 Å². The molecule has 0 aliphatic heterocycles. The van der Waals surface area contributed by atoms with Crippen molar-refractivity contribution < 1.29 is 0 Å². The lowest BCUT2D eigenvalue weighted by Crippen LogP contribution is -2.04. The van der Waals surface area contributed by atoms with E-state index in [1.807, 2.05) is 0 Å². The summed E-state index contributed by atoms with van der Waals surface area (Å²) in [4.78, 5) is 15.1. The van der Waals surface area contributed by atoms with Crippen LogP contribution in [0.25, 0.3) is 26.5 Å². The lowest BCUT2D eigenvalue weighted by molar-refractivity contribution is 0.714. The first-order valence-electron chi connectivity index (χ1n) is 7.55. The van der Waals surface area contributed by atoms with Crippen molar-refractivity contribution in [3.8, 4) is 0 Å². The van der Waals surface area contributed by atoms with E-state index in [-0.39, 0.29) is 0 Å². The van der Waals surface area contributed by atoms with Gasteiger partial charge in [-0.25, -0.2) is 15.0 Å². The van der Waals surface area contributed by atoms with Crippen molar-refractivity contribution in [1.82, 2.24) is 15.0 Å². The highest BCUT2D eigenvalue weighted by molar-refractivity contribution is 7.25. The third-order valence-electron chi connectivity index (χ3n) is 4.47. The summed E-state index contributed by atoms with van der Waals surface area (Å²) in [5.41, 5.74) is 4.83. The SMILES string of the molecule is CC1C=Cc2nc3sc4c(C5CC5)ncnc4c3cc2C1. The van der Waals surface area contributed by atoms with Crippen LogP contribution < -0.4 is 0 Å². The fraction of sp³-hybridized carbons (Fsp3) is 0.353. The molecule has 0 bridgehead atoms. The molecule has 1 unspecified atom stereocenters. The van der Waals surface area contributed by atoms with Crippen molar-refractivity contribution in [1.29, 1.82) is 0 Å². The molecule has 4 heteroatoms. The summed E-state index contributed by atoms with van der Waals surface area (Å²) in [6, 6.07) is 2.31. The van der Waals surface area contributed by atoms with Gasteiger partial charge < -0.3 is 0 Å². The lowest BCUT2D eigenvalue weighted by Gasteiger charge is -2.14.